The number of rotatable bonds is 2. The zero-order valence-corrected chi connectivity index (χ0v) is 12.8. The number of hydrogen-bond donors (Lipinski definition) is 1. The Bertz CT molecular complexity index is 794. The van der Waals surface area contributed by atoms with Crippen molar-refractivity contribution in [2.75, 3.05) is 5.32 Å². The van der Waals surface area contributed by atoms with Gasteiger partial charge >= 0.3 is 0 Å². The summed E-state index contributed by atoms with van der Waals surface area (Å²) in [6, 6.07) is 11.0. The van der Waals surface area contributed by atoms with Crippen molar-refractivity contribution in [3.8, 4) is 0 Å². The molecule has 1 aliphatic rings. The van der Waals surface area contributed by atoms with Crippen LogP contribution in [0.25, 0.3) is 10.2 Å². The fourth-order valence-electron chi connectivity index (χ4n) is 3.08. The van der Waals surface area contributed by atoms with Gasteiger partial charge in [-0.05, 0) is 56.0 Å². The molecular formula is C17H17N3S. The Balaban J connectivity index is 1.65. The molecule has 2 heterocycles. The molecule has 2 aromatic heterocycles. The molecule has 3 aromatic rings. The van der Waals surface area contributed by atoms with Gasteiger partial charge in [0.2, 0.25) is 0 Å². The topological polar surface area (TPSA) is 37.8 Å². The highest BCUT2D eigenvalue weighted by Gasteiger charge is 2.21. The van der Waals surface area contributed by atoms with Crippen LogP contribution < -0.4 is 5.32 Å². The number of fused-ring (bicyclic) bond motifs is 2. The maximum atomic E-state index is 4.59. The van der Waals surface area contributed by atoms with Crippen LogP contribution in [0.1, 0.15) is 35.1 Å². The van der Waals surface area contributed by atoms with E-state index in [1.54, 1.807) is 11.3 Å². The molecule has 0 amide bonds. The van der Waals surface area contributed by atoms with Crippen LogP contribution in [-0.2, 0) is 6.42 Å². The second-order valence-corrected chi connectivity index (χ2v) is 6.79. The third kappa shape index (κ3) is 2.40. The highest BCUT2D eigenvalue weighted by atomic mass is 32.1. The van der Waals surface area contributed by atoms with Gasteiger partial charge in [-0.1, -0.05) is 6.07 Å². The largest absolute Gasteiger partial charge is 0.377 e. The summed E-state index contributed by atoms with van der Waals surface area (Å²) < 4.78 is 1.24. The number of nitrogens with zero attached hydrogens (tertiary/aromatic N) is 2. The first-order chi connectivity index (χ1) is 10.3. The van der Waals surface area contributed by atoms with E-state index in [0.29, 0.717) is 6.04 Å². The van der Waals surface area contributed by atoms with Crippen molar-refractivity contribution in [2.45, 2.75) is 32.2 Å². The van der Waals surface area contributed by atoms with Gasteiger partial charge in [0, 0.05) is 11.9 Å². The van der Waals surface area contributed by atoms with E-state index in [2.05, 4.69) is 46.5 Å². The smallest absolute Gasteiger partial charge is 0.0907 e. The Morgan fingerprint density at radius 2 is 2.24 bits per heavy atom. The first-order valence-electron chi connectivity index (χ1n) is 7.37. The van der Waals surface area contributed by atoms with Crippen LogP contribution >= 0.6 is 11.3 Å². The molecular weight excluding hydrogens is 278 g/mol. The van der Waals surface area contributed by atoms with E-state index in [0.717, 1.165) is 29.1 Å². The number of nitrogens with one attached hydrogen (secondary N) is 1. The molecule has 0 aliphatic heterocycles. The van der Waals surface area contributed by atoms with Gasteiger partial charge in [-0.3, -0.25) is 4.98 Å². The van der Waals surface area contributed by atoms with Crippen LogP contribution in [0.2, 0.25) is 0 Å². The fraction of sp³-hybridized carbons (Fsp3) is 0.294. The van der Waals surface area contributed by atoms with Crippen LogP contribution in [0.5, 0.6) is 0 Å². The minimum atomic E-state index is 0.321. The number of pyridine rings is 1. The Kier molecular flexibility index (Phi) is 3.11. The van der Waals surface area contributed by atoms with Crippen LogP contribution in [0.3, 0.4) is 0 Å². The predicted octanol–water partition coefficient (Wildman–Crippen LogP) is 4.49. The molecule has 1 unspecified atom stereocenters. The Morgan fingerprint density at radius 3 is 3.19 bits per heavy atom. The summed E-state index contributed by atoms with van der Waals surface area (Å²) in [6.07, 6.45) is 5.41. The molecule has 1 aromatic carbocycles. The first kappa shape index (κ1) is 12.8. The number of aromatic nitrogens is 2. The van der Waals surface area contributed by atoms with E-state index < -0.39 is 0 Å². The molecule has 0 saturated carbocycles. The molecule has 4 rings (SSSR count). The van der Waals surface area contributed by atoms with Gasteiger partial charge < -0.3 is 5.32 Å². The van der Waals surface area contributed by atoms with Gasteiger partial charge in [-0.2, -0.15) is 0 Å². The third-order valence-electron chi connectivity index (χ3n) is 4.03. The van der Waals surface area contributed by atoms with E-state index >= 15 is 0 Å². The Morgan fingerprint density at radius 1 is 1.29 bits per heavy atom. The Hall–Kier alpha value is -1.94. The first-order valence-corrected chi connectivity index (χ1v) is 8.19. The van der Waals surface area contributed by atoms with Crippen molar-refractivity contribution in [2.24, 2.45) is 0 Å². The second kappa shape index (κ2) is 5.11. The summed E-state index contributed by atoms with van der Waals surface area (Å²) >= 11 is 1.75. The average molecular weight is 295 g/mol. The fourth-order valence-corrected chi connectivity index (χ4v) is 3.95. The number of aryl methyl sites for hydroxylation is 2. The van der Waals surface area contributed by atoms with Crippen molar-refractivity contribution in [1.82, 2.24) is 9.97 Å². The van der Waals surface area contributed by atoms with Gasteiger partial charge in [-0.25, -0.2) is 4.98 Å². The molecule has 1 aliphatic carbocycles. The summed E-state index contributed by atoms with van der Waals surface area (Å²) in [6.45, 7) is 2.05. The van der Waals surface area contributed by atoms with Crippen molar-refractivity contribution >= 4 is 27.2 Å². The molecule has 0 radical (unpaired) electrons. The molecule has 0 saturated heterocycles. The molecule has 106 valence electrons. The van der Waals surface area contributed by atoms with Crippen LogP contribution in [-0.4, -0.2) is 9.97 Å². The van der Waals surface area contributed by atoms with Gasteiger partial charge in [0.1, 0.15) is 0 Å². The lowest BCUT2D eigenvalue weighted by atomic mass is 9.92. The van der Waals surface area contributed by atoms with Crippen LogP contribution in [0.4, 0.5) is 5.69 Å². The highest BCUT2D eigenvalue weighted by Crippen LogP contribution is 2.32. The van der Waals surface area contributed by atoms with Gasteiger partial charge in [-0.15, -0.1) is 11.3 Å². The van der Waals surface area contributed by atoms with Gasteiger partial charge in [0.25, 0.3) is 0 Å². The van der Waals surface area contributed by atoms with Crippen molar-refractivity contribution in [1.29, 1.82) is 0 Å². The zero-order valence-electron chi connectivity index (χ0n) is 12.0. The average Bonchev–Trinajstić information content (AvgIpc) is 2.87. The van der Waals surface area contributed by atoms with E-state index in [-0.39, 0.29) is 0 Å². The predicted molar refractivity (Wildman–Crippen MR) is 87.9 cm³/mol. The second-order valence-electron chi connectivity index (χ2n) is 5.55. The number of anilines is 1. The van der Waals surface area contributed by atoms with Crippen molar-refractivity contribution < 1.29 is 0 Å². The van der Waals surface area contributed by atoms with E-state index in [1.807, 2.05) is 12.3 Å². The maximum absolute atomic E-state index is 4.59. The zero-order chi connectivity index (χ0) is 14.2. The third-order valence-corrected chi connectivity index (χ3v) is 4.96. The quantitative estimate of drug-likeness (QED) is 0.757. The van der Waals surface area contributed by atoms with E-state index in [9.17, 15) is 0 Å². The number of thiazole rings is 1. The summed E-state index contributed by atoms with van der Waals surface area (Å²) in [7, 11) is 0. The maximum Gasteiger partial charge on any atom is 0.0907 e. The van der Waals surface area contributed by atoms with E-state index in [4.69, 9.17) is 0 Å². The van der Waals surface area contributed by atoms with Crippen molar-refractivity contribution in [3.63, 3.8) is 0 Å². The lowest BCUT2D eigenvalue weighted by Gasteiger charge is -2.26. The molecule has 21 heavy (non-hydrogen) atoms. The minimum absolute atomic E-state index is 0.321. The van der Waals surface area contributed by atoms with Crippen LogP contribution in [0, 0.1) is 6.92 Å². The molecule has 1 N–H and O–H groups in total. The number of benzene rings is 1. The lowest BCUT2D eigenvalue weighted by molar-refractivity contribution is 0.583. The molecule has 0 bridgehead atoms. The monoisotopic (exact) mass is 295 g/mol. The normalized spacial score (nSPS) is 17.7. The molecule has 0 fully saturated rings. The summed E-state index contributed by atoms with van der Waals surface area (Å²) in [4.78, 5) is 9.11. The van der Waals surface area contributed by atoms with Crippen LogP contribution in [0.15, 0.2) is 36.5 Å². The van der Waals surface area contributed by atoms with Crippen molar-refractivity contribution in [3.05, 3.63) is 52.8 Å². The highest BCUT2D eigenvalue weighted by molar-refractivity contribution is 7.18. The number of hydrogen-bond acceptors (Lipinski definition) is 4. The lowest BCUT2D eigenvalue weighted by Crippen LogP contribution is -2.18. The summed E-state index contributed by atoms with van der Waals surface area (Å²) in [5.74, 6) is 0. The molecule has 3 nitrogen and oxygen atoms in total. The van der Waals surface area contributed by atoms with Gasteiger partial charge in [0.15, 0.2) is 0 Å². The summed E-state index contributed by atoms with van der Waals surface area (Å²) in [5.41, 5.74) is 4.85. The van der Waals surface area contributed by atoms with Gasteiger partial charge in [0.05, 0.1) is 27.0 Å². The Labute approximate surface area is 128 Å². The SMILES string of the molecule is Cc1nc2ccc(NC3CCCc4cccnc43)cc2s1. The molecule has 0 spiro atoms. The minimum Gasteiger partial charge on any atom is -0.377 e. The standard InChI is InChI=1S/C17H17N3S/c1-11-19-14-8-7-13(10-16(14)21-11)20-15-6-2-4-12-5-3-9-18-17(12)15/h3,5,7-10,15,20H,2,4,6H2,1H3. The molecule has 1 atom stereocenters. The van der Waals surface area contributed by atoms with E-state index in [1.165, 1.54) is 22.4 Å². The molecule has 4 heteroatoms. The summed E-state index contributed by atoms with van der Waals surface area (Å²) in [5, 5.41) is 4.77.